The van der Waals surface area contributed by atoms with Crippen LogP contribution in [0.4, 0.5) is 11.5 Å². The molecule has 0 saturated heterocycles. The number of pyridine rings is 1. The van der Waals surface area contributed by atoms with Crippen molar-refractivity contribution in [1.82, 2.24) is 4.98 Å². The summed E-state index contributed by atoms with van der Waals surface area (Å²) in [4.78, 5) is 15.2. The first-order valence-electron chi connectivity index (χ1n) is 5.83. The van der Waals surface area contributed by atoms with Crippen LogP contribution in [-0.2, 0) is 0 Å². The number of halogens is 1. The monoisotopic (exact) mass is 336 g/mol. The fraction of sp³-hybridized carbons (Fsp3) is 0.143. The molecule has 0 atom stereocenters. The molecule has 2 aromatic rings. The van der Waals surface area contributed by atoms with E-state index in [4.69, 9.17) is 9.84 Å². The molecule has 0 aliphatic heterocycles. The van der Waals surface area contributed by atoms with Gasteiger partial charge in [-0.2, -0.15) is 0 Å². The van der Waals surface area contributed by atoms with Crippen LogP contribution >= 0.6 is 15.9 Å². The molecule has 0 unspecified atom stereocenters. The number of carboxylic acids is 1. The molecule has 104 valence electrons. The van der Waals surface area contributed by atoms with Gasteiger partial charge in [0.15, 0.2) is 0 Å². The van der Waals surface area contributed by atoms with Crippen LogP contribution in [0.1, 0.15) is 16.1 Å². The van der Waals surface area contributed by atoms with Gasteiger partial charge in [-0.25, -0.2) is 9.78 Å². The molecule has 1 aromatic heterocycles. The molecule has 0 aliphatic rings. The molecule has 0 bridgehead atoms. The highest BCUT2D eigenvalue weighted by Gasteiger charge is 2.09. The molecule has 5 nitrogen and oxygen atoms in total. The van der Waals surface area contributed by atoms with Gasteiger partial charge in [0.05, 0.1) is 22.8 Å². The van der Waals surface area contributed by atoms with E-state index in [-0.39, 0.29) is 5.56 Å². The number of aromatic carboxylic acids is 1. The maximum absolute atomic E-state index is 10.9. The van der Waals surface area contributed by atoms with E-state index >= 15 is 0 Å². The second kappa shape index (κ2) is 5.92. The molecule has 0 saturated carbocycles. The van der Waals surface area contributed by atoms with Crippen molar-refractivity contribution in [3.8, 4) is 5.75 Å². The van der Waals surface area contributed by atoms with Crippen LogP contribution in [0.15, 0.2) is 34.8 Å². The third-order valence-electron chi connectivity index (χ3n) is 2.74. The van der Waals surface area contributed by atoms with Crippen molar-refractivity contribution < 1.29 is 14.6 Å². The molecule has 1 aromatic carbocycles. The van der Waals surface area contributed by atoms with Gasteiger partial charge in [0.2, 0.25) is 0 Å². The predicted molar refractivity (Wildman–Crippen MR) is 79.9 cm³/mol. The zero-order chi connectivity index (χ0) is 14.7. The number of nitrogens with zero attached hydrogens (tertiary/aromatic N) is 1. The van der Waals surface area contributed by atoms with Gasteiger partial charge in [-0.1, -0.05) is 0 Å². The van der Waals surface area contributed by atoms with E-state index in [1.807, 2.05) is 18.2 Å². The molecule has 2 N–H and O–H groups in total. The van der Waals surface area contributed by atoms with Crippen molar-refractivity contribution in [2.45, 2.75) is 6.92 Å². The Bertz CT molecular complexity index is 659. The van der Waals surface area contributed by atoms with Crippen LogP contribution in [0.25, 0.3) is 0 Å². The zero-order valence-electron chi connectivity index (χ0n) is 11.0. The number of aromatic nitrogens is 1. The van der Waals surface area contributed by atoms with Gasteiger partial charge in [-0.15, -0.1) is 0 Å². The summed E-state index contributed by atoms with van der Waals surface area (Å²) < 4.78 is 6.07. The zero-order valence-corrected chi connectivity index (χ0v) is 12.6. The van der Waals surface area contributed by atoms with Crippen LogP contribution in [0.3, 0.4) is 0 Å². The number of hydrogen-bond donors (Lipinski definition) is 2. The standard InChI is InChI=1S/C14H13BrN2O3/c1-8-10(14(18)19)4-6-13(16-8)17-9-3-5-11(15)12(7-9)20-2/h3-7H,1-2H3,(H,16,17)(H,18,19). The summed E-state index contributed by atoms with van der Waals surface area (Å²) in [7, 11) is 1.59. The number of hydrogen-bond acceptors (Lipinski definition) is 4. The minimum absolute atomic E-state index is 0.198. The van der Waals surface area contributed by atoms with E-state index in [2.05, 4.69) is 26.2 Å². The Kier molecular flexibility index (Phi) is 4.24. The normalized spacial score (nSPS) is 10.2. The van der Waals surface area contributed by atoms with Gasteiger partial charge < -0.3 is 15.2 Å². The molecule has 0 spiro atoms. The number of ether oxygens (including phenoxy) is 1. The summed E-state index contributed by atoms with van der Waals surface area (Å²) in [6.07, 6.45) is 0. The number of anilines is 2. The van der Waals surface area contributed by atoms with Crippen molar-refractivity contribution in [2.75, 3.05) is 12.4 Å². The summed E-state index contributed by atoms with van der Waals surface area (Å²) in [6.45, 7) is 1.66. The Balaban J connectivity index is 2.26. The minimum Gasteiger partial charge on any atom is -0.495 e. The highest BCUT2D eigenvalue weighted by molar-refractivity contribution is 9.10. The molecule has 0 aliphatic carbocycles. The van der Waals surface area contributed by atoms with E-state index in [0.717, 1.165) is 10.2 Å². The molecule has 0 fully saturated rings. The highest BCUT2D eigenvalue weighted by Crippen LogP contribution is 2.29. The SMILES string of the molecule is COc1cc(Nc2ccc(C(=O)O)c(C)n2)ccc1Br. The smallest absolute Gasteiger partial charge is 0.337 e. The summed E-state index contributed by atoms with van der Waals surface area (Å²) >= 11 is 3.38. The number of methoxy groups -OCH3 is 1. The summed E-state index contributed by atoms with van der Waals surface area (Å²) in [5.74, 6) is 0.303. The lowest BCUT2D eigenvalue weighted by molar-refractivity contribution is 0.0695. The third kappa shape index (κ3) is 3.08. The van der Waals surface area contributed by atoms with Crippen molar-refractivity contribution in [2.24, 2.45) is 0 Å². The fourth-order valence-electron chi connectivity index (χ4n) is 1.74. The lowest BCUT2D eigenvalue weighted by Gasteiger charge is -2.10. The molecule has 0 amide bonds. The predicted octanol–water partition coefficient (Wildman–Crippen LogP) is 3.60. The van der Waals surface area contributed by atoms with Gasteiger partial charge in [-0.05, 0) is 47.1 Å². The Labute approximate surface area is 124 Å². The average Bonchev–Trinajstić information content (AvgIpc) is 2.40. The number of aryl methyl sites for hydroxylation is 1. The Hall–Kier alpha value is -2.08. The molecule has 1 heterocycles. The number of nitrogens with one attached hydrogen (secondary N) is 1. The van der Waals surface area contributed by atoms with Crippen LogP contribution in [-0.4, -0.2) is 23.2 Å². The molecule has 20 heavy (non-hydrogen) atoms. The van der Waals surface area contributed by atoms with Gasteiger partial charge in [-0.3, -0.25) is 0 Å². The van der Waals surface area contributed by atoms with E-state index < -0.39 is 5.97 Å². The third-order valence-corrected chi connectivity index (χ3v) is 3.39. The lowest BCUT2D eigenvalue weighted by atomic mass is 10.2. The Morgan fingerprint density at radius 3 is 2.70 bits per heavy atom. The number of rotatable bonds is 4. The van der Waals surface area contributed by atoms with Crippen molar-refractivity contribution >= 4 is 33.4 Å². The highest BCUT2D eigenvalue weighted by atomic mass is 79.9. The first kappa shape index (κ1) is 14.3. The molecule has 0 radical (unpaired) electrons. The summed E-state index contributed by atoms with van der Waals surface area (Å²) in [5, 5.41) is 12.1. The number of carbonyl (C=O) groups is 1. The summed E-state index contributed by atoms with van der Waals surface area (Å²) in [5.41, 5.74) is 1.47. The van der Waals surface area contributed by atoms with E-state index in [1.54, 1.807) is 20.1 Å². The molecule has 6 heteroatoms. The largest absolute Gasteiger partial charge is 0.495 e. The second-order valence-corrected chi connectivity index (χ2v) is 4.96. The topological polar surface area (TPSA) is 71.5 Å². The maximum atomic E-state index is 10.9. The first-order valence-corrected chi connectivity index (χ1v) is 6.62. The van der Waals surface area contributed by atoms with Crippen LogP contribution < -0.4 is 10.1 Å². The molecule has 2 rings (SSSR count). The van der Waals surface area contributed by atoms with Crippen molar-refractivity contribution in [3.63, 3.8) is 0 Å². The van der Waals surface area contributed by atoms with E-state index in [9.17, 15) is 4.79 Å². The maximum Gasteiger partial charge on any atom is 0.337 e. The Morgan fingerprint density at radius 1 is 1.35 bits per heavy atom. The van der Waals surface area contributed by atoms with Crippen LogP contribution in [0.5, 0.6) is 5.75 Å². The Morgan fingerprint density at radius 2 is 2.10 bits per heavy atom. The molecular formula is C14H13BrN2O3. The van der Waals surface area contributed by atoms with Gasteiger partial charge in [0, 0.05) is 11.8 Å². The number of carboxylic acid groups (broad SMARTS) is 1. The minimum atomic E-state index is -0.980. The van der Waals surface area contributed by atoms with Crippen LogP contribution in [0, 0.1) is 6.92 Å². The van der Waals surface area contributed by atoms with E-state index in [0.29, 0.717) is 17.3 Å². The average molecular weight is 337 g/mol. The lowest BCUT2D eigenvalue weighted by Crippen LogP contribution is -2.03. The first-order chi connectivity index (χ1) is 9.51. The number of benzene rings is 1. The van der Waals surface area contributed by atoms with Gasteiger partial charge >= 0.3 is 5.97 Å². The van der Waals surface area contributed by atoms with Gasteiger partial charge in [0.25, 0.3) is 0 Å². The van der Waals surface area contributed by atoms with Crippen LogP contribution in [0.2, 0.25) is 0 Å². The second-order valence-electron chi connectivity index (χ2n) is 4.11. The van der Waals surface area contributed by atoms with Gasteiger partial charge in [0.1, 0.15) is 11.6 Å². The fourth-order valence-corrected chi connectivity index (χ4v) is 2.15. The summed E-state index contributed by atoms with van der Waals surface area (Å²) in [6, 6.07) is 8.72. The van der Waals surface area contributed by atoms with E-state index in [1.165, 1.54) is 6.07 Å². The van der Waals surface area contributed by atoms with Crippen molar-refractivity contribution in [3.05, 3.63) is 46.1 Å². The molecular weight excluding hydrogens is 324 g/mol. The van der Waals surface area contributed by atoms with Crippen molar-refractivity contribution in [1.29, 1.82) is 0 Å². The quantitative estimate of drug-likeness (QED) is 0.892.